The molecule has 0 saturated heterocycles. The molecule has 0 saturated carbocycles. The molecule has 1 aliphatic carbocycles. The number of hydrogen-bond acceptors (Lipinski definition) is 4. The van der Waals surface area contributed by atoms with E-state index in [4.69, 9.17) is 9.47 Å². The maximum absolute atomic E-state index is 12.0. The predicted octanol–water partition coefficient (Wildman–Crippen LogP) is 2.78. The molecule has 0 unspecified atom stereocenters. The molecule has 130 valence electrons. The molecule has 3 atom stereocenters. The number of esters is 1. The van der Waals surface area contributed by atoms with Crippen LogP contribution in [0.5, 0.6) is 0 Å². The lowest BCUT2D eigenvalue weighted by Crippen LogP contribution is -2.36. The fraction of sp³-hybridized carbons (Fsp3) is 0.474. The van der Waals surface area contributed by atoms with E-state index in [1.807, 2.05) is 43.3 Å². The average molecular weight is 331 g/mol. The first-order chi connectivity index (χ1) is 11.6. The van der Waals surface area contributed by atoms with E-state index in [0.717, 1.165) is 11.1 Å². The van der Waals surface area contributed by atoms with Gasteiger partial charge in [-0.05, 0) is 30.9 Å². The first kappa shape index (κ1) is 18.2. The second-order valence-electron chi connectivity index (χ2n) is 5.87. The molecule has 0 spiro atoms. The van der Waals surface area contributed by atoms with E-state index in [-0.39, 0.29) is 29.9 Å². The van der Waals surface area contributed by atoms with E-state index in [9.17, 15) is 9.59 Å². The lowest BCUT2D eigenvalue weighted by atomic mass is 9.82. The van der Waals surface area contributed by atoms with E-state index in [2.05, 4.69) is 5.32 Å². The van der Waals surface area contributed by atoms with Gasteiger partial charge in [0, 0.05) is 13.5 Å². The summed E-state index contributed by atoms with van der Waals surface area (Å²) in [6.07, 6.45) is 3.00. The summed E-state index contributed by atoms with van der Waals surface area (Å²) in [6, 6.07) is 9.62. The number of amides is 1. The molecule has 2 rings (SSSR count). The highest BCUT2D eigenvalue weighted by molar-refractivity contribution is 5.75. The van der Waals surface area contributed by atoms with Crippen LogP contribution in [0.15, 0.2) is 42.0 Å². The molecule has 5 nitrogen and oxygen atoms in total. The molecule has 0 heterocycles. The Kier molecular flexibility index (Phi) is 6.55. The van der Waals surface area contributed by atoms with Crippen LogP contribution in [-0.2, 0) is 19.1 Å². The number of rotatable bonds is 6. The van der Waals surface area contributed by atoms with Gasteiger partial charge in [0.25, 0.3) is 0 Å². The summed E-state index contributed by atoms with van der Waals surface area (Å²) < 4.78 is 10.6. The van der Waals surface area contributed by atoms with Crippen molar-refractivity contribution in [2.24, 2.45) is 5.92 Å². The number of benzene rings is 1. The zero-order valence-corrected chi connectivity index (χ0v) is 14.5. The van der Waals surface area contributed by atoms with E-state index in [1.54, 1.807) is 0 Å². The fourth-order valence-corrected chi connectivity index (χ4v) is 3.14. The highest BCUT2D eigenvalue weighted by Crippen LogP contribution is 2.34. The Balaban J connectivity index is 2.31. The van der Waals surface area contributed by atoms with Crippen molar-refractivity contribution in [1.82, 2.24) is 5.32 Å². The minimum Gasteiger partial charge on any atom is -0.469 e. The molecule has 5 heteroatoms. The van der Waals surface area contributed by atoms with Gasteiger partial charge < -0.3 is 14.8 Å². The first-order valence-corrected chi connectivity index (χ1v) is 8.28. The van der Waals surface area contributed by atoms with Gasteiger partial charge in [-0.25, -0.2) is 0 Å². The quantitative estimate of drug-likeness (QED) is 0.643. The van der Waals surface area contributed by atoms with Gasteiger partial charge in [0.15, 0.2) is 0 Å². The van der Waals surface area contributed by atoms with Gasteiger partial charge in [-0.15, -0.1) is 0 Å². The lowest BCUT2D eigenvalue weighted by Gasteiger charge is -2.32. The number of ether oxygens (including phenoxy) is 2. The summed E-state index contributed by atoms with van der Waals surface area (Å²) in [6.45, 7) is 3.92. The molecule has 0 radical (unpaired) electrons. The summed E-state index contributed by atoms with van der Waals surface area (Å²) in [5, 5.41) is 3.01. The molecule has 0 aromatic heterocycles. The molecule has 0 fully saturated rings. The van der Waals surface area contributed by atoms with Gasteiger partial charge in [-0.3, -0.25) is 9.59 Å². The molecule has 1 amide bonds. The molecule has 1 aliphatic rings. The van der Waals surface area contributed by atoms with Crippen LogP contribution in [0.1, 0.15) is 38.3 Å². The van der Waals surface area contributed by atoms with Gasteiger partial charge in [-0.2, -0.15) is 0 Å². The van der Waals surface area contributed by atoms with Gasteiger partial charge in [0.2, 0.25) is 5.91 Å². The standard InChI is InChI=1S/C19H25NO4/c1-4-24-17-12-15(10-11-16(17)19(22)23-3)18(20-13(2)21)14-8-6-5-7-9-14/h5-9,12,16-18H,4,10-11H2,1-3H3,(H,20,21)/t16-,17-,18+/m1/s1. The average Bonchev–Trinajstić information content (AvgIpc) is 2.60. The van der Waals surface area contributed by atoms with Crippen LogP contribution in [0.25, 0.3) is 0 Å². The Labute approximate surface area is 143 Å². The molecule has 1 aromatic rings. The van der Waals surface area contributed by atoms with Crippen molar-refractivity contribution >= 4 is 11.9 Å². The number of carbonyl (C=O) groups is 2. The SMILES string of the molecule is CCO[C@@H]1C=C([C@@H](NC(C)=O)c2ccccc2)CC[C@H]1C(=O)OC. The van der Waals surface area contributed by atoms with Crippen molar-refractivity contribution in [2.45, 2.75) is 38.8 Å². The van der Waals surface area contributed by atoms with Crippen molar-refractivity contribution in [3.05, 3.63) is 47.5 Å². The zero-order valence-electron chi connectivity index (χ0n) is 14.5. The smallest absolute Gasteiger partial charge is 0.311 e. The van der Waals surface area contributed by atoms with Crippen LogP contribution >= 0.6 is 0 Å². The van der Waals surface area contributed by atoms with Crippen LogP contribution in [0.3, 0.4) is 0 Å². The number of nitrogens with one attached hydrogen (secondary N) is 1. The van der Waals surface area contributed by atoms with Gasteiger partial charge in [0.05, 0.1) is 25.2 Å². The number of hydrogen-bond donors (Lipinski definition) is 1. The van der Waals surface area contributed by atoms with Gasteiger partial charge in [-0.1, -0.05) is 36.4 Å². The summed E-state index contributed by atoms with van der Waals surface area (Å²) in [4.78, 5) is 23.6. The molecule has 1 aromatic carbocycles. The van der Waals surface area contributed by atoms with E-state index in [0.29, 0.717) is 19.4 Å². The monoisotopic (exact) mass is 331 g/mol. The highest BCUT2D eigenvalue weighted by atomic mass is 16.5. The Morgan fingerprint density at radius 3 is 2.58 bits per heavy atom. The van der Waals surface area contributed by atoms with E-state index in [1.165, 1.54) is 14.0 Å². The number of methoxy groups -OCH3 is 1. The van der Waals surface area contributed by atoms with Crippen LogP contribution in [0.4, 0.5) is 0 Å². The first-order valence-electron chi connectivity index (χ1n) is 8.28. The lowest BCUT2D eigenvalue weighted by molar-refractivity contribution is -0.150. The summed E-state index contributed by atoms with van der Waals surface area (Å²) in [5.41, 5.74) is 2.08. The highest BCUT2D eigenvalue weighted by Gasteiger charge is 2.34. The van der Waals surface area contributed by atoms with Crippen LogP contribution in [-0.4, -0.2) is 31.7 Å². The minimum atomic E-state index is -0.328. The fourth-order valence-electron chi connectivity index (χ4n) is 3.14. The van der Waals surface area contributed by atoms with Gasteiger partial charge >= 0.3 is 5.97 Å². The third kappa shape index (κ3) is 4.45. The van der Waals surface area contributed by atoms with Crippen molar-refractivity contribution in [3.8, 4) is 0 Å². The molecular weight excluding hydrogens is 306 g/mol. The molecule has 0 bridgehead atoms. The van der Waals surface area contributed by atoms with Crippen molar-refractivity contribution < 1.29 is 19.1 Å². The topological polar surface area (TPSA) is 64.6 Å². The van der Waals surface area contributed by atoms with Crippen LogP contribution in [0, 0.1) is 5.92 Å². The Morgan fingerprint density at radius 1 is 1.29 bits per heavy atom. The van der Waals surface area contributed by atoms with Crippen molar-refractivity contribution in [1.29, 1.82) is 0 Å². The minimum absolute atomic E-state index is 0.0900. The second-order valence-corrected chi connectivity index (χ2v) is 5.87. The van der Waals surface area contributed by atoms with Crippen molar-refractivity contribution in [3.63, 3.8) is 0 Å². The maximum Gasteiger partial charge on any atom is 0.311 e. The normalized spacial score (nSPS) is 21.5. The Hall–Kier alpha value is -2.14. The van der Waals surface area contributed by atoms with E-state index >= 15 is 0 Å². The molecule has 1 N–H and O–H groups in total. The molecule has 0 aliphatic heterocycles. The van der Waals surface area contributed by atoms with E-state index < -0.39 is 0 Å². The third-order valence-electron chi connectivity index (χ3n) is 4.23. The molecule has 24 heavy (non-hydrogen) atoms. The predicted molar refractivity (Wildman–Crippen MR) is 91.2 cm³/mol. The van der Waals surface area contributed by atoms with Gasteiger partial charge in [0.1, 0.15) is 0 Å². The summed E-state index contributed by atoms with van der Waals surface area (Å²) in [7, 11) is 1.40. The molecular formula is C19H25NO4. The van der Waals surface area contributed by atoms with Crippen LogP contribution in [0.2, 0.25) is 0 Å². The third-order valence-corrected chi connectivity index (χ3v) is 4.23. The second kappa shape index (κ2) is 8.64. The Morgan fingerprint density at radius 2 is 2.00 bits per heavy atom. The maximum atomic E-state index is 12.0. The summed E-state index contributed by atoms with van der Waals surface area (Å²) in [5.74, 6) is -0.639. The number of carbonyl (C=O) groups excluding carboxylic acids is 2. The van der Waals surface area contributed by atoms with Crippen LogP contribution < -0.4 is 5.32 Å². The Bertz CT molecular complexity index is 597. The zero-order chi connectivity index (χ0) is 17.5. The largest absolute Gasteiger partial charge is 0.469 e. The van der Waals surface area contributed by atoms with Crippen molar-refractivity contribution in [2.75, 3.05) is 13.7 Å². The summed E-state index contributed by atoms with van der Waals surface area (Å²) >= 11 is 0.